The van der Waals surface area contributed by atoms with E-state index in [0.717, 1.165) is 6.07 Å². The van der Waals surface area contributed by atoms with E-state index in [1.807, 2.05) is 0 Å². The van der Waals surface area contributed by atoms with Gasteiger partial charge in [-0.2, -0.15) is 0 Å². The van der Waals surface area contributed by atoms with E-state index in [2.05, 4.69) is 36.6 Å². The summed E-state index contributed by atoms with van der Waals surface area (Å²) in [4.78, 5) is 0.0954. The summed E-state index contributed by atoms with van der Waals surface area (Å²) in [5.41, 5.74) is 0.153. The van der Waals surface area contributed by atoms with Crippen molar-refractivity contribution in [1.29, 1.82) is 0 Å². The molecule has 0 amide bonds. The van der Waals surface area contributed by atoms with Gasteiger partial charge in [0.1, 0.15) is 5.82 Å². The summed E-state index contributed by atoms with van der Waals surface area (Å²) in [7, 11) is -3.75. The summed E-state index contributed by atoms with van der Waals surface area (Å²) < 4.78 is 40.9. The van der Waals surface area contributed by atoms with Gasteiger partial charge >= 0.3 is 0 Å². The topological polar surface area (TPSA) is 46.2 Å². The van der Waals surface area contributed by atoms with Crippen LogP contribution in [0.1, 0.15) is 0 Å². The molecule has 100 valence electrons. The van der Waals surface area contributed by atoms with Gasteiger partial charge < -0.3 is 0 Å². The first kappa shape index (κ1) is 14.5. The summed E-state index contributed by atoms with van der Waals surface area (Å²) in [6.07, 6.45) is 0. The highest BCUT2D eigenvalue weighted by atomic mass is 79.9. The van der Waals surface area contributed by atoms with Crippen molar-refractivity contribution in [3.63, 3.8) is 0 Å². The number of hydrogen-bond acceptors (Lipinski definition) is 2. The van der Waals surface area contributed by atoms with Crippen molar-refractivity contribution >= 4 is 47.6 Å². The molecule has 2 rings (SSSR count). The Bertz CT molecular complexity index is 719. The van der Waals surface area contributed by atoms with Crippen molar-refractivity contribution in [2.45, 2.75) is 4.90 Å². The standard InChI is InChI=1S/C12H8Br2FNO2S/c13-8-2-1-3-10(6-8)19(17,18)16-12-7-9(15)4-5-11(12)14/h1-7,16H. The fourth-order valence-corrected chi connectivity index (χ4v) is 3.56. The minimum absolute atomic E-state index is 0.0954. The average molecular weight is 409 g/mol. The van der Waals surface area contributed by atoms with E-state index >= 15 is 0 Å². The molecule has 2 aromatic rings. The molecular weight excluding hydrogens is 401 g/mol. The zero-order valence-corrected chi connectivity index (χ0v) is 13.4. The van der Waals surface area contributed by atoms with Gasteiger partial charge in [0, 0.05) is 8.95 Å². The van der Waals surface area contributed by atoms with Gasteiger partial charge in [-0.25, -0.2) is 12.8 Å². The predicted molar refractivity (Wildman–Crippen MR) is 79.1 cm³/mol. The number of halogens is 3. The van der Waals surface area contributed by atoms with Gasteiger partial charge in [0.05, 0.1) is 10.6 Å². The Morgan fingerprint density at radius 3 is 2.47 bits per heavy atom. The Balaban J connectivity index is 2.39. The molecule has 0 atom stereocenters. The minimum atomic E-state index is -3.75. The summed E-state index contributed by atoms with van der Waals surface area (Å²) in [6, 6.07) is 10.0. The number of sulfonamides is 1. The van der Waals surface area contributed by atoms with Crippen LogP contribution in [0.2, 0.25) is 0 Å². The Kier molecular flexibility index (Phi) is 4.27. The van der Waals surface area contributed by atoms with Crippen molar-refractivity contribution < 1.29 is 12.8 Å². The molecule has 0 saturated heterocycles. The van der Waals surface area contributed by atoms with E-state index in [4.69, 9.17) is 0 Å². The van der Waals surface area contributed by atoms with Crippen LogP contribution in [0, 0.1) is 5.82 Å². The van der Waals surface area contributed by atoms with Gasteiger partial charge in [-0.05, 0) is 52.3 Å². The Labute approximate surface area is 127 Å². The van der Waals surface area contributed by atoms with Crippen LogP contribution < -0.4 is 4.72 Å². The van der Waals surface area contributed by atoms with E-state index in [1.165, 1.54) is 24.3 Å². The number of hydrogen-bond donors (Lipinski definition) is 1. The molecule has 0 aromatic heterocycles. The second-order valence-electron chi connectivity index (χ2n) is 3.69. The van der Waals surface area contributed by atoms with Crippen LogP contribution in [-0.2, 0) is 10.0 Å². The van der Waals surface area contributed by atoms with E-state index in [9.17, 15) is 12.8 Å². The van der Waals surface area contributed by atoms with Gasteiger partial charge in [0.25, 0.3) is 10.0 Å². The molecule has 0 fully saturated rings. The Hall–Kier alpha value is -0.920. The van der Waals surface area contributed by atoms with Crippen molar-refractivity contribution in [1.82, 2.24) is 0 Å². The molecule has 1 N–H and O–H groups in total. The highest BCUT2D eigenvalue weighted by molar-refractivity contribution is 9.10. The molecule has 0 aliphatic heterocycles. The van der Waals surface area contributed by atoms with Crippen LogP contribution in [0.15, 0.2) is 56.3 Å². The van der Waals surface area contributed by atoms with Gasteiger partial charge in [-0.3, -0.25) is 4.72 Å². The number of nitrogens with one attached hydrogen (secondary N) is 1. The molecule has 7 heteroatoms. The Morgan fingerprint density at radius 2 is 1.79 bits per heavy atom. The van der Waals surface area contributed by atoms with Gasteiger partial charge in [0.15, 0.2) is 0 Å². The summed E-state index contributed by atoms with van der Waals surface area (Å²) in [6.45, 7) is 0. The third-order valence-electron chi connectivity index (χ3n) is 2.28. The lowest BCUT2D eigenvalue weighted by Gasteiger charge is -2.10. The van der Waals surface area contributed by atoms with Crippen LogP contribution in [0.25, 0.3) is 0 Å². The fourth-order valence-electron chi connectivity index (χ4n) is 1.41. The molecule has 0 aliphatic carbocycles. The van der Waals surface area contributed by atoms with E-state index in [0.29, 0.717) is 8.95 Å². The normalized spacial score (nSPS) is 11.3. The van der Waals surface area contributed by atoms with Crippen LogP contribution in [0.5, 0.6) is 0 Å². The molecule has 0 radical (unpaired) electrons. The van der Waals surface area contributed by atoms with Gasteiger partial charge in [0.2, 0.25) is 0 Å². The monoisotopic (exact) mass is 407 g/mol. The number of rotatable bonds is 3. The molecule has 3 nitrogen and oxygen atoms in total. The fraction of sp³-hybridized carbons (Fsp3) is 0. The number of benzene rings is 2. The molecule has 0 saturated carbocycles. The highest BCUT2D eigenvalue weighted by Gasteiger charge is 2.16. The highest BCUT2D eigenvalue weighted by Crippen LogP contribution is 2.26. The summed E-state index contributed by atoms with van der Waals surface area (Å²) >= 11 is 6.37. The van der Waals surface area contributed by atoms with Crippen molar-refractivity contribution in [2.75, 3.05) is 4.72 Å². The molecule has 0 spiro atoms. The van der Waals surface area contributed by atoms with Crippen LogP contribution >= 0.6 is 31.9 Å². The second kappa shape index (κ2) is 5.60. The maximum Gasteiger partial charge on any atom is 0.261 e. The predicted octanol–water partition coefficient (Wildman–Crippen LogP) is 4.15. The molecule has 0 aliphatic rings. The lowest BCUT2D eigenvalue weighted by Crippen LogP contribution is -2.13. The van der Waals surface area contributed by atoms with E-state index < -0.39 is 15.8 Å². The smallest absolute Gasteiger partial charge is 0.261 e. The number of anilines is 1. The first-order valence-electron chi connectivity index (χ1n) is 5.12. The quantitative estimate of drug-likeness (QED) is 0.828. The minimum Gasteiger partial charge on any atom is -0.278 e. The average Bonchev–Trinajstić information content (AvgIpc) is 2.33. The van der Waals surface area contributed by atoms with Crippen LogP contribution in [0.4, 0.5) is 10.1 Å². The molecule has 0 bridgehead atoms. The zero-order chi connectivity index (χ0) is 14.0. The van der Waals surface area contributed by atoms with Gasteiger partial charge in [-0.15, -0.1) is 0 Å². The zero-order valence-electron chi connectivity index (χ0n) is 9.40. The largest absolute Gasteiger partial charge is 0.278 e. The van der Waals surface area contributed by atoms with Crippen molar-refractivity contribution in [3.05, 3.63) is 57.2 Å². The molecule has 0 unspecified atom stereocenters. The van der Waals surface area contributed by atoms with Crippen LogP contribution in [0.3, 0.4) is 0 Å². The van der Waals surface area contributed by atoms with Crippen molar-refractivity contribution in [3.8, 4) is 0 Å². The first-order chi connectivity index (χ1) is 8.88. The third-order valence-corrected chi connectivity index (χ3v) is 4.83. The second-order valence-corrected chi connectivity index (χ2v) is 7.14. The first-order valence-corrected chi connectivity index (χ1v) is 8.19. The third kappa shape index (κ3) is 3.55. The molecule has 19 heavy (non-hydrogen) atoms. The van der Waals surface area contributed by atoms with E-state index in [1.54, 1.807) is 12.1 Å². The maximum atomic E-state index is 13.1. The summed E-state index contributed by atoms with van der Waals surface area (Å²) in [5, 5.41) is 0. The molecule has 0 heterocycles. The van der Waals surface area contributed by atoms with Crippen LogP contribution in [-0.4, -0.2) is 8.42 Å². The lowest BCUT2D eigenvalue weighted by atomic mass is 10.3. The summed E-state index contributed by atoms with van der Waals surface area (Å²) in [5.74, 6) is -0.518. The van der Waals surface area contributed by atoms with E-state index in [-0.39, 0.29) is 10.6 Å². The Morgan fingerprint density at radius 1 is 1.05 bits per heavy atom. The maximum absolute atomic E-state index is 13.1. The van der Waals surface area contributed by atoms with Crippen molar-refractivity contribution in [2.24, 2.45) is 0 Å². The van der Waals surface area contributed by atoms with Gasteiger partial charge in [-0.1, -0.05) is 22.0 Å². The SMILES string of the molecule is O=S(=O)(Nc1cc(F)ccc1Br)c1cccc(Br)c1. The lowest BCUT2D eigenvalue weighted by molar-refractivity contribution is 0.601. The molecule has 2 aromatic carbocycles. The molecular formula is C12H8Br2FNO2S.